The fourth-order valence-electron chi connectivity index (χ4n) is 2.66. The molecule has 6 nitrogen and oxygen atoms in total. The third-order valence-electron chi connectivity index (χ3n) is 3.73. The van der Waals surface area contributed by atoms with Crippen LogP contribution in [0.3, 0.4) is 0 Å². The highest BCUT2D eigenvalue weighted by Gasteiger charge is 2.22. The highest BCUT2D eigenvalue weighted by atomic mass is 16.3. The predicted octanol–water partition coefficient (Wildman–Crippen LogP) is 1.60. The molecule has 0 bridgehead atoms. The second-order valence-electron chi connectivity index (χ2n) is 6.01. The Bertz CT molecular complexity index is 717. The minimum atomic E-state index is -0.0874. The van der Waals surface area contributed by atoms with E-state index in [0.29, 0.717) is 28.7 Å². The molecule has 0 saturated heterocycles. The molecule has 0 saturated carbocycles. The van der Waals surface area contributed by atoms with Crippen LogP contribution in [0, 0.1) is 0 Å². The Balaban J connectivity index is 2.82. The quantitative estimate of drug-likeness (QED) is 0.932. The molecule has 1 aromatic carbocycles. The SMILES string of the molecule is CCc1nc2c(O)c(CN(C)C)cc(C(=O)N(C)C)c2n1C. The number of carbonyl (C=O) groups is 1. The number of fused-ring (bicyclic) bond motifs is 1. The van der Waals surface area contributed by atoms with Crippen LogP contribution < -0.4 is 0 Å². The van der Waals surface area contributed by atoms with Crippen molar-refractivity contribution in [1.82, 2.24) is 19.4 Å². The summed E-state index contributed by atoms with van der Waals surface area (Å²) < 4.78 is 1.89. The van der Waals surface area contributed by atoms with E-state index in [0.717, 1.165) is 12.2 Å². The van der Waals surface area contributed by atoms with Crippen LogP contribution in [0.4, 0.5) is 0 Å². The summed E-state index contributed by atoms with van der Waals surface area (Å²) in [6.07, 6.45) is 0.739. The van der Waals surface area contributed by atoms with Crippen LogP contribution in [0.15, 0.2) is 6.07 Å². The number of imidazole rings is 1. The van der Waals surface area contributed by atoms with Crippen molar-refractivity contribution in [3.05, 3.63) is 23.0 Å². The molecule has 120 valence electrons. The number of rotatable bonds is 4. The number of benzene rings is 1. The van der Waals surface area contributed by atoms with Crippen LogP contribution in [-0.2, 0) is 20.0 Å². The molecule has 0 aliphatic heterocycles. The molecule has 0 radical (unpaired) electrons. The van der Waals surface area contributed by atoms with E-state index in [-0.39, 0.29) is 11.7 Å². The first-order valence-corrected chi connectivity index (χ1v) is 7.34. The van der Waals surface area contributed by atoms with Crippen LogP contribution in [0.2, 0.25) is 0 Å². The largest absolute Gasteiger partial charge is 0.505 e. The molecule has 0 atom stereocenters. The van der Waals surface area contributed by atoms with Crippen molar-refractivity contribution < 1.29 is 9.90 Å². The fraction of sp³-hybridized carbons (Fsp3) is 0.500. The van der Waals surface area contributed by atoms with Gasteiger partial charge in [-0.05, 0) is 20.2 Å². The molecule has 1 aromatic heterocycles. The predicted molar refractivity (Wildman–Crippen MR) is 87.2 cm³/mol. The fourth-order valence-corrected chi connectivity index (χ4v) is 2.66. The monoisotopic (exact) mass is 304 g/mol. The van der Waals surface area contributed by atoms with E-state index in [4.69, 9.17) is 0 Å². The van der Waals surface area contributed by atoms with Crippen molar-refractivity contribution in [1.29, 1.82) is 0 Å². The van der Waals surface area contributed by atoms with E-state index in [1.807, 2.05) is 37.5 Å². The van der Waals surface area contributed by atoms with Gasteiger partial charge in [-0.2, -0.15) is 0 Å². The van der Waals surface area contributed by atoms with Crippen molar-refractivity contribution >= 4 is 16.9 Å². The molecule has 2 aromatic rings. The summed E-state index contributed by atoms with van der Waals surface area (Å²) in [7, 11) is 9.18. The second-order valence-corrected chi connectivity index (χ2v) is 6.01. The van der Waals surface area contributed by atoms with E-state index in [1.54, 1.807) is 25.1 Å². The van der Waals surface area contributed by atoms with Crippen LogP contribution in [0.1, 0.15) is 28.7 Å². The number of hydrogen-bond acceptors (Lipinski definition) is 4. The molecule has 0 aliphatic rings. The van der Waals surface area contributed by atoms with Crippen molar-refractivity contribution in [2.45, 2.75) is 19.9 Å². The first-order valence-electron chi connectivity index (χ1n) is 7.34. The van der Waals surface area contributed by atoms with Gasteiger partial charge in [0.2, 0.25) is 0 Å². The van der Waals surface area contributed by atoms with Crippen LogP contribution in [0.5, 0.6) is 5.75 Å². The minimum absolute atomic E-state index is 0.0874. The summed E-state index contributed by atoms with van der Waals surface area (Å²) in [4.78, 5) is 20.6. The van der Waals surface area contributed by atoms with Crippen molar-refractivity contribution in [2.75, 3.05) is 28.2 Å². The molecule has 6 heteroatoms. The Morgan fingerprint density at radius 3 is 2.45 bits per heavy atom. The number of phenolic OH excluding ortho intramolecular Hbond substituents is 1. The summed E-state index contributed by atoms with van der Waals surface area (Å²) >= 11 is 0. The number of aryl methyl sites for hydroxylation is 2. The Hall–Kier alpha value is -2.08. The van der Waals surface area contributed by atoms with Gasteiger partial charge in [0.25, 0.3) is 5.91 Å². The van der Waals surface area contributed by atoms with Gasteiger partial charge in [-0.3, -0.25) is 4.79 Å². The third kappa shape index (κ3) is 2.66. The molecule has 0 unspecified atom stereocenters. The molecule has 1 heterocycles. The Labute approximate surface area is 131 Å². The van der Waals surface area contributed by atoms with E-state index >= 15 is 0 Å². The van der Waals surface area contributed by atoms with E-state index in [9.17, 15) is 9.90 Å². The summed E-state index contributed by atoms with van der Waals surface area (Å²) in [6.45, 7) is 2.56. The van der Waals surface area contributed by atoms with Gasteiger partial charge >= 0.3 is 0 Å². The Morgan fingerprint density at radius 2 is 1.95 bits per heavy atom. The van der Waals surface area contributed by atoms with Gasteiger partial charge in [-0.25, -0.2) is 4.98 Å². The zero-order valence-corrected chi connectivity index (χ0v) is 14.1. The molecule has 0 spiro atoms. The van der Waals surface area contributed by atoms with Gasteiger partial charge in [0, 0.05) is 39.7 Å². The normalized spacial score (nSPS) is 11.4. The average molecular weight is 304 g/mol. The van der Waals surface area contributed by atoms with Crippen molar-refractivity contribution in [2.24, 2.45) is 7.05 Å². The molecule has 22 heavy (non-hydrogen) atoms. The van der Waals surface area contributed by atoms with Crippen molar-refractivity contribution in [3.63, 3.8) is 0 Å². The first kappa shape index (κ1) is 16.3. The Morgan fingerprint density at radius 1 is 1.32 bits per heavy atom. The summed E-state index contributed by atoms with van der Waals surface area (Å²) in [5.41, 5.74) is 2.48. The summed E-state index contributed by atoms with van der Waals surface area (Å²) in [5.74, 6) is 0.921. The lowest BCUT2D eigenvalue weighted by molar-refractivity contribution is 0.0829. The number of hydrogen-bond donors (Lipinski definition) is 1. The molecular formula is C16H24N4O2. The van der Waals surface area contributed by atoms with E-state index in [2.05, 4.69) is 4.98 Å². The number of aromatic hydroxyl groups is 1. The highest BCUT2D eigenvalue weighted by molar-refractivity contribution is 6.06. The Kier molecular flexibility index (Phi) is 4.42. The number of nitrogens with zero attached hydrogens (tertiary/aromatic N) is 4. The molecule has 0 fully saturated rings. The molecule has 2 rings (SSSR count). The smallest absolute Gasteiger partial charge is 0.255 e. The minimum Gasteiger partial charge on any atom is -0.505 e. The average Bonchev–Trinajstić information content (AvgIpc) is 2.78. The summed E-state index contributed by atoms with van der Waals surface area (Å²) in [5, 5.41) is 10.5. The van der Waals surface area contributed by atoms with Crippen LogP contribution >= 0.6 is 0 Å². The van der Waals surface area contributed by atoms with E-state index in [1.165, 1.54) is 0 Å². The lowest BCUT2D eigenvalue weighted by Crippen LogP contribution is -2.23. The molecule has 1 N–H and O–H groups in total. The maximum atomic E-state index is 12.5. The third-order valence-corrected chi connectivity index (χ3v) is 3.73. The number of carbonyl (C=O) groups excluding carboxylic acids is 1. The summed E-state index contributed by atoms with van der Waals surface area (Å²) in [6, 6.07) is 1.78. The van der Waals surface area contributed by atoms with Crippen molar-refractivity contribution in [3.8, 4) is 5.75 Å². The number of phenols is 1. The topological polar surface area (TPSA) is 61.6 Å². The van der Waals surface area contributed by atoms with Gasteiger partial charge < -0.3 is 19.5 Å². The lowest BCUT2D eigenvalue weighted by atomic mass is 10.1. The van der Waals surface area contributed by atoms with Crippen LogP contribution in [-0.4, -0.2) is 58.6 Å². The zero-order chi connectivity index (χ0) is 16.6. The molecule has 0 aliphatic carbocycles. The van der Waals surface area contributed by atoms with Gasteiger partial charge in [0.1, 0.15) is 17.1 Å². The molecule has 1 amide bonds. The second kappa shape index (κ2) is 5.96. The first-order chi connectivity index (χ1) is 10.3. The van der Waals surface area contributed by atoms with E-state index < -0.39 is 0 Å². The van der Waals surface area contributed by atoms with Crippen LogP contribution in [0.25, 0.3) is 11.0 Å². The number of amides is 1. The van der Waals surface area contributed by atoms with Gasteiger partial charge in [-0.15, -0.1) is 0 Å². The zero-order valence-electron chi connectivity index (χ0n) is 14.1. The maximum absolute atomic E-state index is 12.5. The maximum Gasteiger partial charge on any atom is 0.255 e. The van der Waals surface area contributed by atoms with Gasteiger partial charge in [0.05, 0.1) is 11.1 Å². The standard InChI is InChI=1S/C16H24N4O2/c1-7-12-17-13-14(20(12)6)11(16(22)19(4)5)8-10(15(13)21)9-18(2)3/h8,21H,7,9H2,1-6H3. The highest BCUT2D eigenvalue weighted by Crippen LogP contribution is 2.33. The number of aromatic nitrogens is 2. The van der Waals surface area contributed by atoms with Gasteiger partial charge in [0.15, 0.2) is 0 Å². The van der Waals surface area contributed by atoms with Gasteiger partial charge in [-0.1, -0.05) is 6.92 Å². The molecular weight excluding hydrogens is 280 g/mol. The lowest BCUT2D eigenvalue weighted by Gasteiger charge is -2.16.